The molecule has 0 radical (unpaired) electrons. The monoisotopic (exact) mass is 138 g/mol. The van der Waals surface area contributed by atoms with E-state index in [9.17, 15) is 4.79 Å². The Hall–Kier alpha value is -1.51. The van der Waals surface area contributed by atoms with E-state index in [1.54, 1.807) is 0 Å². The molecule has 0 saturated heterocycles. The first-order chi connectivity index (χ1) is 4.70. The van der Waals surface area contributed by atoms with Gasteiger partial charge in [0.15, 0.2) is 5.75 Å². The summed E-state index contributed by atoms with van der Waals surface area (Å²) in [7, 11) is 0. The first-order valence-electron chi connectivity index (χ1n) is 2.72. The fourth-order valence-electron chi connectivity index (χ4n) is 0.548. The summed E-state index contributed by atoms with van der Waals surface area (Å²) in [4.78, 5) is 10.6. The van der Waals surface area contributed by atoms with Crippen molar-refractivity contribution in [2.45, 2.75) is 0 Å². The first-order valence-corrected chi connectivity index (χ1v) is 2.72. The van der Waals surface area contributed by atoms with Gasteiger partial charge in [-0.25, -0.2) is 0 Å². The normalized spacial score (nSPS) is 9.20. The Balaban J connectivity index is 3.43. The van der Waals surface area contributed by atoms with E-state index in [-0.39, 0.29) is 11.5 Å². The van der Waals surface area contributed by atoms with Crippen LogP contribution in [0.25, 0.3) is 0 Å². The smallest absolute Gasteiger partial charge is 0.220 e. The van der Waals surface area contributed by atoms with Gasteiger partial charge in [-0.3, -0.25) is 4.79 Å². The Kier molecular flexibility index (Phi) is 1.58. The molecule has 3 nitrogen and oxygen atoms in total. The molecule has 1 aromatic rings. The summed E-state index contributed by atoms with van der Waals surface area (Å²) in [6.45, 7) is 0. The Bertz CT molecular complexity index is 293. The van der Waals surface area contributed by atoms with Crippen LogP contribution >= 0.6 is 0 Å². The van der Waals surface area contributed by atoms with E-state index in [1.165, 1.54) is 12.1 Å². The Labute approximate surface area is 57.2 Å². The van der Waals surface area contributed by atoms with E-state index < -0.39 is 5.43 Å². The van der Waals surface area contributed by atoms with Crippen LogP contribution in [0.3, 0.4) is 0 Å². The number of aromatic hydroxyl groups is 2. The van der Waals surface area contributed by atoms with Gasteiger partial charge in [-0.05, 0) is 24.3 Å². The standard InChI is InChI=1S/C7H6O3/c8-5-1-3-6(9)7(10)4-2-5/h1-4,8H,(H,9,10). The molecule has 0 aliphatic carbocycles. The van der Waals surface area contributed by atoms with E-state index in [0.717, 1.165) is 12.1 Å². The lowest BCUT2D eigenvalue weighted by Gasteiger charge is -1.76. The zero-order valence-electron chi connectivity index (χ0n) is 5.11. The number of hydrogen-bond donors (Lipinski definition) is 2. The van der Waals surface area contributed by atoms with Crippen LogP contribution in [0.2, 0.25) is 0 Å². The van der Waals surface area contributed by atoms with Crippen molar-refractivity contribution in [1.29, 1.82) is 0 Å². The maximum Gasteiger partial charge on any atom is 0.220 e. The quantitative estimate of drug-likeness (QED) is 0.547. The lowest BCUT2D eigenvalue weighted by molar-refractivity contribution is 0.467. The summed E-state index contributed by atoms with van der Waals surface area (Å²) < 4.78 is 0. The molecule has 1 aromatic carbocycles. The number of rotatable bonds is 0. The SMILES string of the molecule is O=c1ccc(O)ccc1O. The van der Waals surface area contributed by atoms with Crippen LogP contribution in [0.5, 0.6) is 11.5 Å². The van der Waals surface area contributed by atoms with Crippen LogP contribution in [0.4, 0.5) is 0 Å². The van der Waals surface area contributed by atoms with Crippen molar-refractivity contribution >= 4 is 0 Å². The summed E-state index contributed by atoms with van der Waals surface area (Å²) in [5.41, 5.74) is -0.500. The van der Waals surface area contributed by atoms with Gasteiger partial charge in [-0.15, -0.1) is 0 Å². The van der Waals surface area contributed by atoms with E-state index in [0.29, 0.717) is 0 Å². The maximum atomic E-state index is 10.6. The second-order valence-corrected chi connectivity index (χ2v) is 1.84. The van der Waals surface area contributed by atoms with Gasteiger partial charge in [0.25, 0.3) is 0 Å². The van der Waals surface area contributed by atoms with Crippen molar-refractivity contribution in [2.24, 2.45) is 0 Å². The van der Waals surface area contributed by atoms with Gasteiger partial charge in [0.2, 0.25) is 5.43 Å². The van der Waals surface area contributed by atoms with Crippen LogP contribution in [0.15, 0.2) is 29.1 Å². The van der Waals surface area contributed by atoms with Crippen LogP contribution in [0, 0.1) is 0 Å². The third-order valence-corrected chi connectivity index (χ3v) is 1.07. The molecular weight excluding hydrogens is 132 g/mol. The summed E-state index contributed by atoms with van der Waals surface area (Å²) >= 11 is 0. The van der Waals surface area contributed by atoms with Crippen LogP contribution in [-0.4, -0.2) is 10.2 Å². The minimum atomic E-state index is -0.500. The van der Waals surface area contributed by atoms with Crippen molar-refractivity contribution in [3.8, 4) is 11.5 Å². The summed E-state index contributed by atoms with van der Waals surface area (Å²) in [6.07, 6.45) is 0. The van der Waals surface area contributed by atoms with Crippen LogP contribution < -0.4 is 5.43 Å². The molecule has 0 saturated carbocycles. The van der Waals surface area contributed by atoms with E-state index >= 15 is 0 Å². The Morgan fingerprint density at radius 1 is 1.00 bits per heavy atom. The van der Waals surface area contributed by atoms with Gasteiger partial charge in [-0.1, -0.05) is 0 Å². The molecule has 0 unspecified atom stereocenters. The zero-order chi connectivity index (χ0) is 7.56. The average molecular weight is 138 g/mol. The fraction of sp³-hybridized carbons (Fsp3) is 0. The molecule has 1 rings (SSSR count). The molecule has 10 heavy (non-hydrogen) atoms. The van der Waals surface area contributed by atoms with Crippen LogP contribution in [-0.2, 0) is 0 Å². The molecule has 0 amide bonds. The van der Waals surface area contributed by atoms with Crippen molar-refractivity contribution in [3.63, 3.8) is 0 Å². The van der Waals surface area contributed by atoms with Gasteiger partial charge in [0.1, 0.15) is 5.75 Å². The molecule has 0 bridgehead atoms. The molecule has 0 aliphatic heterocycles. The van der Waals surface area contributed by atoms with Crippen molar-refractivity contribution in [3.05, 3.63) is 34.5 Å². The molecule has 0 aromatic heterocycles. The summed E-state index contributed by atoms with van der Waals surface area (Å²) in [5, 5.41) is 17.6. The third kappa shape index (κ3) is 1.25. The molecule has 0 atom stereocenters. The fourth-order valence-corrected chi connectivity index (χ4v) is 0.548. The summed E-state index contributed by atoms with van der Waals surface area (Å²) in [6, 6.07) is 4.72. The van der Waals surface area contributed by atoms with Gasteiger partial charge in [0, 0.05) is 0 Å². The van der Waals surface area contributed by atoms with E-state index in [1.807, 2.05) is 0 Å². The minimum absolute atomic E-state index is 0.0441. The van der Waals surface area contributed by atoms with E-state index in [4.69, 9.17) is 10.2 Å². The second-order valence-electron chi connectivity index (χ2n) is 1.84. The highest BCUT2D eigenvalue weighted by molar-refractivity contribution is 5.26. The van der Waals surface area contributed by atoms with Crippen molar-refractivity contribution in [2.75, 3.05) is 0 Å². The third-order valence-electron chi connectivity index (χ3n) is 1.07. The largest absolute Gasteiger partial charge is 0.508 e. The molecule has 2 N–H and O–H groups in total. The molecule has 0 aliphatic rings. The van der Waals surface area contributed by atoms with Gasteiger partial charge in [-0.2, -0.15) is 0 Å². The molecule has 0 fully saturated rings. The van der Waals surface area contributed by atoms with E-state index in [2.05, 4.69) is 0 Å². The minimum Gasteiger partial charge on any atom is -0.508 e. The molecule has 0 spiro atoms. The maximum absolute atomic E-state index is 10.6. The molecule has 3 heteroatoms. The van der Waals surface area contributed by atoms with Gasteiger partial charge < -0.3 is 10.2 Å². The van der Waals surface area contributed by atoms with Gasteiger partial charge >= 0.3 is 0 Å². The van der Waals surface area contributed by atoms with Crippen molar-refractivity contribution in [1.82, 2.24) is 0 Å². The zero-order valence-corrected chi connectivity index (χ0v) is 5.11. The lowest BCUT2D eigenvalue weighted by atomic mass is 10.5. The predicted molar refractivity (Wildman–Crippen MR) is 36.0 cm³/mol. The van der Waals surface area contributed by atoms with Crippen molar-refractivity contribution < 1.29 is 10.2 Å². The highest BCUT2D eigenvalue weighted by Gasteiger charge is 1.90. The average Bonchev–Trinajstić information content (AvgIpc) is 2.04. The Morgan fingerprint density at radius 2 is 1.60 bits per heavy atom. The van der Waals surface area contributed by atoms with Gasteiger partial charge in [0.05, 0.1) is 0 Å². The molecular formula is C7H6O3. The Morgan fingerprint density at radius 3 is 2.30 bits per heavy atom. The predicted octanol–water partition coefficient (Wildman–Crippen LogP) is 0.458. The lowest BCUT2D eigenvalue weighted by Crippen LogP contribution is -1.90. The highest BCUT2D eigenvalue weighted by Crippen LogP contribution is 2.05. The second kappa shape index (κ2) is 2.39. The molecule has 52 valence electrons. The van der Waals surface area contributed by atoms with Crippen LogP contribution in [0.1, 0.15) is 0 Å². The number of hydrogen-bond acceptors (Lipinski definition) is 3. The topological polar surface area (TPSA) is 57.5 Å². The first kappa shape index (κ1) is 6.61. The summed E-state index contributed by atoms with van der Waals surface area (Å²) in [5.74, 6) is -0.405. The highest BCUT2D eigenvalue weighted by atomic mass is 16.3. The molecule has 0 heterocycles.